The number of hydrogen-bond donors (Lipinski definition) is 2. The summed E-state index contributed by atoms with van der Waals surface area (Å²) in [5.41, 5.74) is 3.91. The predicted molar refractivity (Wildman–Crippen MR) is 140 cm³/mol. The summed E-state index contributed by atoms with van der Waals surface area (Å²) < 4.78 is 1.86. The molecule has 10 heteroatoms. The Bertz CT molecular complexity index is 985. The van der Waals surface area contributed by atoms with Gasteiger partial charge < -0.3 is 20.4 Å². The van der Waals surface area contributed by atoms with Crippen LogP contribution in [0.2, 0.25) is 0 Å². The molecule has 0 saturated carbocycles. The van der Waals surface area contributed by atoms with Gasteiger partial charge in [-0.3, -0.25) is 19.3 Å². The van der Waals surface area contributed by atoms with Gasteiger partial charge in [-0.1, -0.05) is 26.0 Å². The first-order chi connectivity index (χ1) is 15.3. The quantitative estimate of drug-likeness (QED) is 0.316. The van der Waals surface area contributed by atoms with E-state index in [1.807, 2.05) is 43.0 Å². The molecular weight excluding hydrogens is 533 g/mol. The molecule has 0 atom stereocenters. The van der Waals surface area contributed by atoms with Crippen LogP contribution in [0.5, 0.6) is 0 Å². The Balaban J connectivity index is 0.00000385. The number of halogens is 1. The number of aryl methyl sites for hydroxylation is 1. The van der Waals surface area contributed by atoms with Crippen LogP contribution < -0.4 is 10.6 Å². The van der Waals surface area contributed by atoms with Gasteiger partial charge in [0.05, 0.1) is 12.2 Å². The molecule has 2 N–H and O–H groups in total. The Labute approximate surface area is 212 Å². The second kappa shape index (κ2) is 12.0. The Morgan fingerprint density at radius 2 is 2.00 bits per heavy atom. The van der Waals surface area contributed by atoms with E-state index in [9.17, 15) is 9.59 Å². The van der Waals surface area contributed by atoms with Gasteiger partial charge in [-0.05, 0) is 23.6 Å². The van der Waals surface area contributed by atoms with Crippen molar-refractivity contribution in [2.45, 2.75) is 32.9 Å². The largest absolute Gasteiger partial charge is 0.353 e. The molecule has 2 amide bonds. The summed E-state index contributed by atoms with van der Waals surface area (Å²) >= 11 is 0. The van der Waals surface area contributed by atoms with Crippen LogP contribution in [-0.2, 0) is 24.9 Å². The number of carbonyl (C=O) groups is 2. The summed E-state index contributed by atoms with van der Waals surface area (Å²) in [6.45, 7) is 6.73. The van der Waals surface area contributed by atoms with Crippen LogP contribution in [0.1, 0.15) is 46.9 Å². The third-order valence-electron chi connectivity index (χ3n) is 5.44. The molecule has 2 heterocycles. The number of nitrogens with zero attached hydrogens (tertiary/aromatic N) is 5. The average Bonchev–Trinajstić information content (AvgIpc) is 3.14. The van der Waals surface area contributed by atoms with Crippen molar-refractivity contribution in [3.8, 4) is 0 Å². The van der Waals surface area contributed by atoms with Crippen molar-refractivity contribution in [1.82, 2.24) is 30.2 Å². The number of nitrogens with one attached hydrogen (secondary N) is 2. The van der Waals surface area contributed by atoms with Crippen molar-refractivity contribution < 1.29 is 9.59 Å². The molecule has 0 unspecified atom stereocenters. The molecule has 0 spiro atoms. The lowest BCUT2D eigenvalue weighted by Gasteiger charge is -2.26. The van der Waals surface area contributed by atoms with Gasteiger partial charge in [0.1, 0.15) is 0 Å². The molecule has 1 aliphatic rings. The number of benzene rings is 1. The number of guanidine groups is 1. The van der Waals surface area contributed by atoms with Crippen LogP contribution in [0.3, 0.4) is 0 Å². The zero-order valence-corrected chi connectivity index (χ0v) is 22.3. The van der Waals surface area contributed by atoms with E-state index in [1.54, 1.807) is 11.9 Å². The molecule has 9 nitrogen and oxygen atoms in total. The molecule has 33 heavy (non-hydrogen) atoms. The van der Waals surface area contributed by atoms with Gasteiger partial charge in [0, 0.05) is 64.6 Å². The third-order valence-corrected chi connectivity index (χ3v) is 5.44. The lowest BCUT2D eigenvalue weighted by atomic mass is 10.1. The summed E-state index contributed by atoms with van der Waals surface area (Å²) in [5.74, 6) is 0.901. The molecular formula is C23H34IN7O2. The number of piperazine rings is 1. The number of amides is 2. The Morgan fingerprint density at radius 3 is 2.61 bits per heavy atom. The van der Waals surface area contributed by atoms with E-state index in [1.165, 1.54) is 5.56 Å². The van der Waals surface area contributed by atoms with Crippen molar-refractivity contribution in [1.29, 1.82) is 0 Å². The smallest absolute Gasteiger partial charge is 0.254 e. The fraction of sp³-hybridized carbons (Fsp3) is 0.478. The van der Waals surface area contributed by atoms with Crippen LogP contribution in [0.25, 0.3) is 0 Å². The highest BCUT2D eigenvalue weighted by atomic mass is 127. The van der Waals surface area contributed by atoms with E-state index in [2.05, 4.69) is 45.7 Å². The second-order valence-electron chi connectivity index (χ2n) is 8.40. The van der Waals surface area contributed by atoms with Gasteiger partial charge >= 0.3 is 0 Å². The maximum absolute atomic E-state index is 12.6. The van der Waals surface area contributed by atoms with E-state index >= 15 is 0 Å². The molecule has 1 fully saturated rings. The van der Waals surface area contributed by atoms with E-state index in [-0.39, 0.29) is 42.3 Å². The lowest BCUT2D eigenvalue weighted by molar-refractivity contribution is -0.123. The first-order valence-corrected chi connectivity index (χ1v) is 10.9. The predicted octanol–water partition coefficient (Wildman–Crippen LogP) is 1.94. The molecule has 1 aromatic heterocycles. The van der Waals surface area contributed by atoms with Crippen LogP contribution in [0.15, 0.2) is 35.5 Å². The number of aromatic nitrogens is 2. The van der Waals surface area contributed by atoms with Gasteiger partial charge in [-0.15, -0.1) is 24.0 Å². The Morgan fingerprint density at radius 1 is 1.30 bits per heavy atom. The van der Waals surface area contributed by atoms with E-state index < -0.39 is 0 Å². The maximum atomic E-state index is 12.6. The Hall–Kier alpha value is -2.63. The molecule has 1 aliphatic heterocycles. The fourth-order valence-electron chi connectivity index (χ4n) is 3.82. The highest BCUT2D eigenvalue weighted by Crippen LogP contribution is 2.18. The topological polar surface area (TPSA) is 94.9 Å². The molecule has 0 radical (unpaired) electrons. The van der Waals surface area contributed by atoms with Gasteiger partial charge in [-0.2, -0.15) is 5.10 Å². The fourth-order valence-corrected chi connectivity index (χ4v) is 3.82. The van der Waals surface area contributed by atoms with Gasteiger partial charge in [0.2, 0.25) is 5.91 Å². The normalized spacial score (nSPS) is 14.1. The summed E-state index contributed by atoms with van der Waals surface area (Å²) in [4.78, 5) is 32.2. The molecule has 0 bridgehead atoms. The first kappa shape index (κ1) is 26.6. The highest BCUT2D eigenvalue weighted by Gasteiger charge is 2.22. The summed E-state index contributed by atoms with van der Waals surface area (Å²) in [5, 5.41) is 10.7. The van der Waals surface area contributed by atoms with Crippen LogP contribution in [0, 0.1) is 0 Å². The summed E-state index contributed by atoms with van der Waals surface area (Å²) in [7, 11) is 5.71. The van der Waals surface area contributed by atoms with Crippen LogP contribution in [-0.4, -0.2) is 71.1 Å². The van der Waals surface area contributed by atoms with E-state index in [4.69, 9.17) is 0 Å². The van der Waals surface area contributed by atoms with Crippen molar-refractivity contribution in [2.24, 2.45) is 12.0 Å². The molecule has 2 aromatic rings. The monoisotopic (exact) mass is 567 g/mol. The summed E-state index contributed by atoms with van der Waals surface area (Å²) in [6.07, 6.45) is 2.06. The number of carbonyl (C=O) groups excluding carboxylic acids is 2. The molecule has 3 rings (SSSR count). The number of aliphatic imine (C=N–C) groups is 1. The Kier molecular flexibility index (Phi) is 9.69. The van der Waals surface area contributed by atoms with E-state index in [0.717, 1.165) is 17.2 Å². The lowest BCUT2D eigenvalue weighted by Crippen LogP contribution is -2.49. The number of hydrogen-bond acceptors (Lipinski definition) is 4. The summed E-state index contributed by atoms with van der Waals surface area (Å²) in [6, 6.07) is 7.47. The SMILES string of the molecule is CN=C(NCc1ccc(C(=O)N2CCNC(=O)C2)cc1)N(C)Cc1cn(C)nc1C(C)C.I. The van der Waals surface area contributed by atoms with Gasteiger partial charge in [-0.25, -0.2) is 0 Å². The van der Waals surface area contributed by atoms with Gasteiger partial charge in [0.25, 0.3) is 5.91 Å². The zero-order chi connectivity index (χ0) is 23.3. The van der Waals surface area contributed by atoms with Crippen molar-refractivity contribution in [3.05, 3.63) is 52.8 Å². The van der Waals surface area contributed by atoms with Gasteiger partial charge in [0.15, 0.2) is 5.96 Å². The molecule has 1 aromatic carbocycles. The van der Waals surface area contributed by atoms with Crippen molar-refractivity contribution >= 4 is 41.8 Å². The van der Waals surface area contributed by atoms with Crippen molar-refractivity contribution in [2.75, 3.05) is 33.7 Å². The number of rotatable bonds is 6. The molecule has 180 valence electrons. The minimum absolute atomic E-state index is 0. The van der Waals surface area contributed by atoms with Crippen LogP contribution >= 0.6 is 24.0 Å². The first-order valence-electron chi connectivity index (χ1n) is 10.9. The minimum Gasteiger partial charge on any atom is -0.353 e. The zero-order valence-electron chi connectivity index (χ0n) is 20.0. The van der Waals surface area contributed by atoms with Crippen molar-refractivity contribution in [3.63, 3.8) is 0 Å². The third kappa shape index (κ3) is 6.92. The standard InChI is InChI=1S/C23H33N7O2.HI/c1-16(2)21-19(14-29(5)27-21)13-28(4)23(24-3)26-12-17-6-8-18(9-7-17)22(32)30-11-10-25-20(31)15-30;/h6-9,14,16H,10-13,15H2,1-5H3,(H,24,26)(H,25,31);1H. The van der Waals surface area contributed by atoms with Crippen LogP contribution in [0.4, 0.5) is 0 Å². The molecule has 1 saturated heterocycles. The van der Waals surface area contributed by atoms with E-state index in [0.29, 0.717) is 37.7 Å². The molecule has 0 aliphatic carbocycles. The average molecular weight is 567 g/mol. The second-order valence-corrected chi connectivity index (χ2v) is 8.40. The maximum Gasteiger partial charge on any atom is 0.254 e. The highest BCUT2D eigenvalue weighted by molar-refractivity contribution is 14.0. The minimum atomic E-state index is -0.118.